The van der Waals surface area contributed by atoms with E-state index in [-0.39, 0.29) is 52.2 Å². The Hall–Kier alpha value is 0.200. The van der Waals surface area contributed by atoms with Crippen molar-refractivity contribution in [1.82, 2.24) is 0 Å². The Bertz CT molecular complexity index is 892. The highest BCUT2D eigenvalue weighted by Gasteiger charge is 2.60. The maximum Gasteiger partial charge on any atom is 0.118 e. The van der Waals surface area contributed by atoms with E-state index in [1.807, 2.05) is 20.8 Å². The number of rotatable bonds is 4. The summed E-state index contributed by atoms with van der Waals surface area (Å²) in [6, 6.07) is 0. The molecule has 8 heteroatoms. The molecule has 11 unspecified atom stereocenters. The van der Waals surface area contributed by atoms with Crippen LogP contribution in [-0.2, 0) is 23.7 Å². The number of fused-ring (bicyclic) bond motifs is 1. The first-order chi connectivity index (χ1) is 17.4. The molecule has 0 spiro atoms. The average Bonchev–Trinajstić information content (AvgIpc) is 3.42. The number of ether oxygens (including phenoxy) is 5. The van der Waals surface area contributed by atoms with Gasteiger partial charge in [-0.1, -0.05) is 15.9 Å². The van der Waals surface area contributed by atoms with E-state index in [4.69, 9.17) is 23.7 Å². The van der Waals surface area contributed by atoms with Gasteiger partial charge >= 0.3 is 0 Å². The van der Waals surface area contributed by atoms with Crippen molar-refractivity contribution in [1.29, 1.82) is 0 Å². The third-order valence-electron chi connectivity index (χ3n) is 10.8. The lowest BCUT2D eigenvalue weighted by molar-refractivity contribution is -0.318. The number of alkyl halides is 1. The van der Waals surface area contributed by atoms with Crippen molar-refractivity contribution in [3.8, 4) is 0 Å². The van der Waals surface area contributed by atoms with Crippen LogP contribution in [0.15, 0.2) is 0 Å². The van der Waals surface area contributed by atoms with E-state index < -0.39 is 22.9 Å². The topological polar surface area (TPSA) is 86.6 Å². The highest BCUT2D eigenvalue weighted by molar-refractivity contribution is 9.09. The Kier molecular flexibility index (Phi) is 7.51. The zero-order valence-corrected chi connectivity index (χ0v) is 26.3. The molecule has 2 N–H and O–H groups in total. The second kappa shape index (κ2) is 9.62. The van der Waals surface area contributed by atoms with Gasteiger partial charge in [0.05, 0.1) is 64.6 Å². The highest BCUT2D eigenvalue weighted by Crippen LogP contribution is 2.52. The number of hydrogen-bond donors (Lipinski definition) is 2. The van der Waals surface area contributed by atoms with E-state index in [0.29, 0.717) is 6.42 Å². The summed E-state index contributed by atoms with van der Waals surface area (Å²) in [4.78, 5) is 0.0968. The van der Waals surface area contributed by atoms with Crippen molar-refractivity contribution < 1.29 is 33.9 Å². The first-order valence-corrected chi connectivity index (χ1v) is 15.8. The van der Waals surface area contributed by atoms with Crippen LogP contribution in [0.5, 0.6) is 0 Å². The van der Waals surface area contributed by atoms with Crippen LogP contribution < -0.4 is 0 Å². The van der Waals surface area contributed by atoms with Gasteiger partial charge in [0, 0.05) is 4.83 Å². The quantitative estimate of drug-likeness (QED) is 0.428. The predicted molar refractivity (Wildman–Crippen MR) is 149 cm³/mol. The van der Waals surface area contributed by atoms with Gasteiger partial charge < -0.3 is 33.9 Å². The van der Waals surface area contributed by atoms with Gasteiger partial charge in [0.1, 0.15) is 5.60 Å². The largest absolute Gasteiger partial charge is 0.390 e. The molecule has 5 rings (SSSR count). The lowest BCUT2D eigenvalue weighted by Gasteiger charge is -2.57. The molecule has 0 bridgehead atoms. The van der Waals surface area contributed by atoms with Gasteiger partial charge in [-0.2, -0.15) is 0 Å². The zero-order chi connectivity index (χ0) is 27.9. The molecule has 5 heterocycles. The van der Waals surface area contributed by atoms with Crippen molar-refractivity contribution in [3.63, 3.8) is 0 Å². The predicted octanol–water partition coefficient (Wildman–Crippen LogP) is 5.20. The Labute approximate surface area is 237 Å². The molecule has 0 aromatic carbocycles. The summed E-state index contributed by atoms with van der Waals surface area (Å²) in [6.07, 6.45) is 6.64. The summed E-state index contributed by atoms with van der Waals surface area (Å²) in [5.74, 6) is 0. The normalized spacial score (nSPS) is 53.6. The van der Waals surface area contributed by atoms with E-state index in [9.17, 15) is 10.2 Å². The molecule has 11 atom stereocenters. The van der Waals surface area contributed by atoms with Gasteiger partial charge in [-0.05, 0) is 113 Å². The summed E-state index contributed by atoms with van der Waals surface area (Å²) >= 11 is 3.70. The molecule has 5 fully saturated rings. The number of aliphatic hydroxyl groups is 2. The third-order valence-corrected chi connectivity index (χ3v) is 12.2. The van der Waals surface area contributed by atoms with Crippen LogP contribution in [0.3, 0.4) is 0 Å². The summed E-state index contributed by atoms with van der Waals surface area (Å²) in [7, 11) is 0. The molecule has 220 valence electrons. The Balaban J connectivity index is 1.23. The minimum absolute atomic E-state index is 0.00698. The summed E-state index contributed by atoms with van der Waals surface area (Å²) < 4.78 is 33.4. The minimum Gasteiger partial charge on any atom is -0.390 e. The first-order valence-electron chi connectivity index (χ1n) is 14.8. The van der Waals surface area contributed by atoms with Crippen LogP contribution in [0, 0.1) is 0 Å². The van der Waals surface area contributed by atoms with E-state index in [1.165, 1.54) is 0 Å². The fourth-order valence-electron chi connectivity index (χ4n) is 7.85. The zero-order valence-electron chi connectivity index (χ0n) is 24.7. The van der Waals surface area contributed by atoms with Crippen LogP contribution in [0.1, 0.15) is 113 Å². The summed E-state index contributed by atoms with van der Waals surface area (Å²) in [5.41, 5.74) is -3.15. The molecule has 0 amide bonds. The van der Waals surface area contributed by atoms with Crippen molar-refractivity contribution in [2.75, 3.05) is 0 Å². The molecule has 0 saturated carbocycles. The van der Waals surface area contributed by atoms with Crippen LogP contribution in [0.25, 0.3) is 0 Å². The average molecular weight is 604 g/mol. The summed E-state index contributed by atoms with van der Waals surface area (Å²) in [5, 5.41) is 21.5. The SMILES string of the molecule is CC(C)(O)C1CCC(C)(C2CCC(C)(C3CCC4OC(C5(C)OC(C)(C)C(Br)CC5O)CCC4(C)O3)O2)O1. The van der Waals surface area contributed by atoms with Gasteiger partial charge in [0.25, 0.3) is 0 Å². The van der Waals surface area contributed by atoms with Gasteiger partial charge in [-0.25, -0.2) is 0 Å². The number of halogens is 1. The molecule has 38 heavy (non-hydrogen) atoms. The van der Waals surface area contributed by atoms with E-state index in [1.54, 1.807) is 0 Å². The van der Waals surface area contributed by atoms with E-state index in [0.717, 1.165) is 51.4 Å². The lowest BCUT2D eigenvalue weighted by atomic mass is 9.74. The molecule has 5 saturated heterocycles. The Morgan fingerprint density at radius 2 is 1.21 bits per heavy atom. The molecule has 0 radical (unpaired) electrons. The molecule has 0 aliphatic carbocycles. The van der Waals surface area contributed by atoms with Gasteiger partial charge in [0.2, 0.25) is 0 Å². The van der Waals surface area contributed by atoms with Gasteiger partial charge in [-0.3, -0.25) is 0 Å². The maximum absolute atomic E-state index is 11.1. The highest BCUT2D eigenvalue weighted by atomic mass is 79.9. The second-order valence-electron chi connectivity index (χ2n) is 14.8. The van der Waals surface area contributed by atoms with E-state index >= 15 is 0 Å². The lowest BCUT2D eigenvalue weighted by Crippen LogP contribution is -2.67. The van der Waals surface area contributed by atoms with Crippen molar-refractivity contribution in [3.05, 3.63) is 0 Å². The maximum atomic E-state index is 11.1. The molecule has 5 aliphatic rings. The monoisotopic (exact) mass is 602 g/mol. The minimum atomic E-state index is -0.851. The molecule has 0 aromatic heterocycles. The second-order valence-corrected chi connectivity index (χ2v) is 15.9. The summed E-state index contributed by atoms with van der Waals surface area (Å²) in [6.45, 7) is 16.4. The smallest absolute Gasteiger partial charge is 0.118 e. The van der Waals surface area contributed by atoms with Gasteiger partial charge in [0.15, 0.2) is 0 Å². The molecule has 7 nitrogen and oxygen atoms in total. The fraction of sp³-hybridized carbons (Fsp3) is 1.00. The van der Waals surface area contributed by atoms with Crippen LogP contribution >= 0.6 is 15.9 Å². The van der Waals surface area contributed by atoms with Gasteiger partial charge in [-0.15, -0.1) is 0 Å². The fourth-order valence-corrected chi connectivity index (χ4v) is 8.30. The first kappa shape index (κ1) is 29.7. The third kappa shape index (κ3) is 5.05. The molecular weight excluding hydrogens is 552 g/mol. The molecule has 0 aromatic rings. The molecular formula is C30H51BrO7. The number of hydrogen-bond acceptors (Lipinski definition) is 7. The standard InChI is InChI=1S/C30H51BrO7/c1-25(2,33)20-11-14-29(7,35-20)23-12-15-28(6,37-23)22-10-9-21-27(5,36-22)16-13-24(34-21)30(8)19(32)17-18(31)26(3,4)38-30/h18-24,32-33H,9-17H2,1-8H3. The van der Waals surface area contributed by atoms with E-state index in [2.05, 4.69) is 50.5 Å². The van der Waals surface area contributed by atoms with Crippen LogP contribution in [0.2, 0.25) is 0 Å². The van der Waals surface area contributed by atoms with Crippen molar-refractivity contribution >= 4 is 15.9 Å². The Morgan fingerprint density at radius 3 is 1.82 bits per heavy atom. The number of aliphatic hydroxyl groups excluding tert-OH is 1. The van der Waals surface area contributed by atoms with Crippen molar-refractivity contribution in [2.24, 2.45) is 0 Å². The van der Waals surface area contributed by atoms with Crippen LogP contribution in [0.4, 0.5) is 0 Å². The van der Waals surface area contributed by atoms with Crippen LogP contribution in [-0.4, -0.2) is 85.3 Å². The van der Waals surface area contributed by atoms with Crippen molar-refractivity contribution in [2.45, 2.75) is 188 Å². The molecule has 5 aliphatic heterocycles. The Morgan fingerprint density at radius 1 is 0.711 bits per heavy atom.